The minimum atomic E-state index is 0. The summed E-state index contributed by atoms with van der Waals surface area (Å²) in [5, 5.41) is 11.6. The van der Waals surface area contributed by atoms with Crippen molar-refractivity contribution in [1.82, 2.24) is 5.01 Å². The maximum atomic E-state index is 5.10. The second kappa shape index (κ2) is 22.0. The number of hydrogen-bond acceptors (Lipinski definition) is 2. The molecule has 45 heavy (non-hydrogen) atoms. The summed E-state index contributed by atoms with van der Waals surface area (Å²) in [6, 6.07) is 36.2. The van der Waals surface area contributed by atoms with E-state index >= 15 is 0 Å². The van der Waals surface area contributed by atoms with Gasteiger partial charge in [0.15, 0.2) is 0 Å². The van der Waals surface area contributed by atoms with Crippen LogP contribution in [0.25, 0.3) is 5.32 Å². The first-order valence-electron chi connectivity index (χ1n) is 15.5. The first-order chi connectivity index (χ1) is 21.1. The van der Waals surface area contributed by atoms with Gasteiger partial charge in [0.25, 0.3) is 0 Å². The van der Waals surface area contributed by atoms with Crippen LogP contribution in [-0.2, 0) is 25.8 Å². The number of hydrazone groups is 1. The van der Waals surface area contributed by atoms with Crippen LogP contribution in [0.3, 0.4) is 0 Å². The van der Waals surface area contributed by atoms with Crippen LogP contribution in [0.4, 0.5) is 5.69 Å². The van der Waals surface area contributed by atoms with E-state index in [1.807, 2.05) is 110 Å². The number of para-hydroxylation sites is 1. The van der Waals surface area contributed by atoms with Crippen molar-refractivity contribution < 1.29 is 25.8 Å². The molecule has 0 amide bonds. The van der Waals surface area contributed by atoms with E-state index in [4.69, 9.17) is 5.32 Å². The van der Waals surface area contributed by atoms with Crippen molar-refractivity contribution in [3.05, 3.63) is 175 Å². The zero-order valence-electron chi connectivity index (χ0n) is 28.2. The van der Waals surface area contributed by atoms with Crippen LogP contribution in [0, 0.1) is 20.8 Å². The molecule has 4 heteroatoms. The molecular weight excluding hydrogens is 713 g/mol. The van der Waals surface area contributed by atoms with E-state index in [2.05, 4.69) is 77.8 Å². The predicted octanol–water partition coefficient (Wildman–Crippen LogP) is 11.5. The number of rotatable bonds is 5. The number of benzene rings is 4. The molecule has 4 aromatic carbocycles. The van der Waals surface area contributed by atoms with Gasteiger partial charge in [-0.2, -0.15) is 79.0 Å². The molecule has 1 aliphatic rings. The Morgan fingerprint density at radius 3 is 1.33 bits per heavy atom. The van der Waals surface area contributed by atoms with Gasteiger partial charge in [-0.25, -0.2) is 0 Å². The van der Waals surface area contributed by atoms with Crippen LogP contribution >= 0.6 is 0 Å². The average Bonchev–Trinajstić information content (AvgIpc) is 3.00. The van der Waals surface area contributed by atoms with E-state index in [0.717, 1.165) is 53.0 Å². The van der Waals surface area contributed by atoms with Crippen LogP contribution in [0.15, 0.2) is 126 Å². The van der Waals surface area contributed by atoms with Crippen molar-refractivity contribution in [3.8, 4) is 0 Å². The zero-order valence-corrected chi connectivity index (χ0v) is 31.8. The van der Waals surface area contributed by atoms with Gasteiger partial charge in [-0.15, -0.1) is 47.8 Å². The van der Waals surface area contributed by atoms with E-state index in [0.29, 0.717) is 11.8 Å². The molecule has 4 aromatic rings. The summed E-state index contributed by atoms with van der Waals surface area (Å²) in [5.41, 5.74) is 9.18. The molecule has 0 aliphatic heterocycles. The van der Waals surface area contributed by atoms with E-state index < -0.39 is 0 Å². The van der Waals surface area contributed by atoms with E-state index in [-0.39, 0.29) is 25.8 Å². The van der Waals surface area contributed by atoms with Crippen LogP contribution < -0.4 is 0 Å². The maximum Gasteiger partial charge on any atom is 4.00 e. The number of allylic oxidation sites excluding steroid dienone is 2. The minimum absolute atomic E-state index is 0. The molecule has 0 heterocycles. The third kappa shape index (κ3) is 15.8. The van der Waals surface area contributed by atoms with Gasteiger partial charge in [-0.05, 0) is 31.1 Å². The molecule has 0 radical (unpaired) electrons. The van der Waals surface area contributed by atoms with Gasteiger partial charge in [0.1, 0.15) is 0 Å². The Hall–Kier alpha value is -3.63. The van der Waals surface area contributed by atoms with E-state index in [1.54, 1.807) is 0 Å². The quantitative estimate of drug-likeness (QED) is 0.113. The van der Waals surface area contributed by atoms with Crippen LogP contribution in [0.1, 0.15) is 86.6 Å². The van der Waals surface area contributed by atoms with Crippen molar-refractivity contribution >= 4 is 11.4 Å². The fourth-order valence-corrected chi connectivity index (χ4v) is 4.40. The van der Waals surface area contributed by atoms with Crippen molar-refractivity contribution in [1.29, 1.82) is 0 Å². The summed E-state index contributed by atoms with van der Waals surface area (Å²) in [7, 11) is 3.95. The second-order valence-corrected chi connectivity index (χ2v) is 11.5. The van der Waals surface area contributed by atoms with Crippen LogP contribution in [0.2, 0.25) is 0 Å². The summed E-state index contributed by atoms with van der Waals surface area (Å²) in [5.74, 6) is 0.928. The largest absolute Gasteiger partial charge is 4.00 e. The summed E-state index contributed by atoms with van der Waals surface area (Å²) >= 11 is 0. The van der Waals surface area contributed by atoms with E-state index in [9.17, 15) is 0 Å². The van der Waals surface area contributed by atoms with Gasteiger partial charge in [-0.3, -0.25) is 0 Å². The van der Waals surface area contributed by atoms with Gasteiger partial charge in [0.2, 0.25) is 0 Å². The topological polar surface area (TPSA) is 29.7 Å². The standard InChI is InChI=1S/C20H30N3.3C7H7.Hf/c1-14(2)16-10-9-11-17(15(3)4)20(16)21-18-12-7-8-13-19(18)22-23(5)6;3*1-7-5-3-2-4-6-7;/h9-12,14-15H,7-8,13H2,1-6H3;3*2-6H,1H2;/q4*-1;+4/b22-19+;;;;. The molecule has 0 N–H and O–H groups in total. The molecule has 0 bridgehead atoms. The smallest absolute Gasteiger partial charge is 0.656 e. The summed E-state index contributed by atoms with van der Waals surface area (Å²) in [6.07, 6.45) is 5.50. The molecule has 0 atom stereocenters. The molecule has 3 nitrogen and oxygen atoms in total. The third-order valence-electron chi connectivity index (χ3n) is 6.67. The fraction of sp³-hybridized carbons (Fsp3) is 0.268. The second-order valence-electron chi connectivity index (χ2n) is 11.5. The van der Waals surface area contributed by atoms with Gasteiger partial charge >= 0.3 is 25.8 Å². The Morgan fingerprint density at radius 2 is 1.02 bits per heavy atom. The van der Waals surface area contributed by atoms with Gasteiger partial charge in [-0.1, -0.05) is 81.3 Å². The van der Waals surface area contributed by atoms with Crippen LogP contribution in [0.5, 0.6) is 0 Å². The molecule has 0 aromatic heterocycles. The molecule has 0 unspecified atom stereocenters. The molecule has 0 saturated heterocycles. The average molecular weight is 764 g/mol. The number of hydrogen-bond donors (Lipinski definition) is 0. The van der Waals surface area contributed by atoms with Crippen molar-refractivity contribution in [2.75, 3.05) is 14.1 Å². The van der Waals surface area contributed by atoms with Gasteiger partial charge in [0, 0.05) is 19.8 Å². The summed E-state index contributed by atoms with van der Waals surface area (Å²) in [4.78, 5) is 0. The van der Waals surface area contributed by atoms with Gasteiger partial charge in [0.05, 0.1) is 0 Å². The van der Waals surface area contributed by atoms with E-state index in [1.165, 1.54) is 11.1 Å². The maximum absolute atomic E-state index is 5.10. The third-order valence-corrected chi connectivity index (χ3v) is 6.67. The Labute approximate surface area is 293 Å². The molecular formula is C41H51HfN3. The molecule has 5 rings (SSSR count). The van der Waals surface area contributed by atoms with Crippen molar-refractivity contribution in [2.45, 2.75) is 58.8 Å². The molecule has 1 aliphatic carbocycles. The zero-order chi connectivity index (χ0) is 32.3. The predicted molar refractivity (Wildman–Crippen MR) is 193 cm³/mol. The van der Waals surface area contributed by atoms with Crippen molar-refractivity contribution in [2.24, 2.45) is 5.10 Å². The molecule has 0 spiro atoms. The Balaban J connectivity index is 0.000000370. The molecule has 0 fully saturated rings. The summed E-state index contributed by atoms with van der Waals surface area (Å²) in [6.45, 7) is 20.1. The normalized spacial score (nSPS) is 12.6. The Kier molecular flexibility index (Phi) is 19.2. The van der Waals surface area contributed by atoms with Crippen molar-refractivity contribution in [3.63, 3.8) is 0 Å². The first-order valence-corrected chi connectivity index (χ1v) is 15.5. The fourth-order valence-electron chi connectivity index (χ4n) is 4.40. The van der Waals surface area contributed by atoms with Gasteiger partial charge < -0.3 is 10.3 Å². The molecule has 234 valence electrons. The Bertz CT molecular complexity index is 1280. The molecule has 0 saturated carbocycles. The van der Waals surface area contributed by atoms with Crippen LogP contribution in [-0.4, -0.2) is 24.8 Å². The minimum Gasteiger partial charge on any atom is -0.656 e. The SMILES string of the molecule is CC(C)c1cccc(C(C)C)c1[N-]C1=CCCC/C1=N\N(C)C.[CH2-]c1ccccc1.[CH2-]c1ccccc1.[CH2-]c1ccccc1.[Hf+4]. The monoisotopic (exact) mass is 765 g/mol. The number of nitrogens with zero attached hydrogens (tertiary/aromatic N) is 3. The summed E-state index contributed by atoms with van der Waals surface area (Å²) < 4.78 is 0. The Morgan fingerprint density at radius 1 is 0.622 bits per heavy atom. The first kappa shape index (κ1) is 39.4.